The molecule has 4 unspecified atom stereocenters. The lowest BCUT2D eigenvalue weighted by Crippen LogP contribution is -2.62. The van der Waals surface area contributed by atoms with Crippen LogP contribution in [0.3, 0.4) is 0 Å². The topological polar surface area (TPSA) is 89.8 Å². The SMILES string of the molecule is CCSC1CC2C(CC)C(=O)N2C1C(=O)OCc1ccc([N+](=O)[O-])cc1. The second-order valence-electron chi connectivity index (χ2n) is 6.53. The van der Waals surface area contributed by atoms with E-state index in [1.165, 1.54) is 12.1 Å². The number of amides is 1. The Balaban J connectivity index is 1.65. The van der Waals surface area contributed by atoms with Crippen molar-refractivity contribution >= 4 is 29.3 Å². The van der Waals surface area contributed by atoms with Gasteiger partial charge in [-0.2, -0.15) is 11.8 Å². The second kappa shape index (κ2) is 7.65. The summed E-state index contributed by atoms with van der Waals surface area (Å²) in [6, 6.07) is 5.53. The van der Waals surface area contributed by atoms with E-state index in [9.17, 15) is 19.7 Å². The highest BCUT2D eigenvalue weighted by Crippen LogP contribution is 2.45. The molecule has 7 nitrogen and oxygen atoms in total. The van der Waals surface area contributed by atoms with Crippen LogP contribution in [0.15, 0.2) is 24.3 Å². The minimum atomic E-state index is -0.529. The van der Waals surface area contributed by atoms with E-state index in [1.54, 1.807) is 28.8 Å². The summed E-state index contributed by atoms with van der Waals surface area (Å²) < 4.78 is 5.44. The van der Waals surface area contributed by atoms with Crippen molar-refractivity contribution in [3.63, 3.8) is 0 Å². The smallest absolute Gasteiger partial charge is 0.330 e. The Bertz CT molecular complexity index is 708. The van der Waals surface area contributed by atoms with Crippen LogP contribution in [-0.2, 0) is 20.9 Å². The van der Waals surface area contributed by atoms with Crippen LogP contribution < -0.4 is 0 Å². The third-order valence-electron chi connectivity index (χ3n) is 5.11. The highest BCUT2D eigenvalue weighted by Gasteiger charge is 2.59. The van der Waals surface area contributed by atoms with E-state index >= 15 is 0 Å². The third kappa shape index (κ3) is 3.30. The summed E-state index contributed by atoms with van der Waals surface area (Å²) in [5.41, 5.74) is 0.675. The van der Waals surface area contributed by atoms with Gasteiger partial charge >= 0.3 is 5.97 Å². The highest BCUT2D eigenvalue weighted by molar-refractivity contribution is 7.99. The van der Waals surface area contributed by atoms with E-state index in [0.717, 1.165) is 18.6 Å². The zero-order valence-electron chi connectivity index (χ0n) is 14.8. The lowest BCUT2D eigenvalue weighted by atomic mass is 9.86. The van der Waals surface area contributed by atoms with Gasteiger partial charge in [-0.05, 0) is 36.3 Å². The molecule has 0 aromatic heterocycles. The lowest BCUT2D eigenvalue weighted by Gasteiger charge is -2.44. The van der Waals surface area contributed by atoms with Crippen molar-refractivity contribution in [2.24, 2.45) is 5.92 Å². The van der Waals surface area contributed by atoms with E-state index < -0.39 is 11.0 Å². The van der Waals surface area contributed by atoms with Gasteiger partial charge in [0.2, 0.25) is 5.91 Å². The van der Waals surface area contributed by atoms with Gasteiger partial charge in [0.05, 0.1) is 10.8 Å². The lowest BCUT2D eigenvalue weighted by molar-refractivity contribution is -0.384. The van der Waals surface area contributed by atoms with Crippen molar-refractivity contribution in [3.05, 3.63) is 39.9 Å². The molecule has 2 aliphatic heterocycles. The summed E-state index contributed by atoms with van der Waals surface area (Å²) in [6.07, 6.45) is 1.63. The Morgan fingerprint density at radius 3 is 2.62 bits per heavy atom. The van der Waals surface area contributed by atoms with E-state index in [-0.39, 0.29) is 41.4 Å². The van der Waals surface area contributed by atoms with Gasteiger partial charge in [0.1, 0.15) is 12.6 Å². The van der Waals surface area contributed by atoms with Gasteiger partial charge in [-0.15, -0.1) is 0 Å². The Hall–Kier alpha value is -2.09. The Kier molecular flexibility index (Phi) is 5.50. The number of β-lactam (4-membered cyclic amide) rings is 1. The first kappa shape index (κ1) is 18.7. The molecule has 140 valence electrons. The summed E-state index contributed by atoms with van der Waals surface area (Å²) in [7, 11) is 0. The fourth-order valence-corrected chi connectivity index (χ4v) is 5.02. The van der Waals surface area contributed by atoms with Crippen LogP contribution in [0, 0.1) is 16.0 Å². The fraction of sp³-hybridized carbons (Fsp3) is 0.556. The van der Waals surface area contributed by atoms with Crippen LogP contribution in [0.25, 0.3) is 0 Å². The Labute approximate surface area is 156 Å². The standard InChI is InChI=1S/C18H22N2O5S/c1-3-13-14-9-15(26-4-2)16(19(14)17(13)21)18(22)25-10-11-5-7-12(8-6-11)20(23)24/h5-8,13-16H,3-4,9-10H2,1-2H3. The molecule has 1 aromatic rings. The number of nitro groups is 1. The van der Waals surface area contributed by atoms with Crippen molar-refractivity contribution in [2.75, 3.05) is 5.75 Å². The maximum atomic E-state index is 12.7. The number of hydrogen-bond donors (Lipinski definition) is 0. The first-order valence-electron chi connectivity index (χ1n) is 8.81. The fourth-order valence-electron chi connectivity index (χ4n) is 3.84. The predicted octanol–water partition coefficient (Wildman–Crippen LogP) is 2.77. The molecule has 2 aliphatic rings. The van der Waals surface area contributed by atoms with Crippen molar-refractivity contribution in [1.82, 2.24) is 4.90 Å². The maximum Gasteiger partial charge on any atom is 0.330 e. The van der Waals surface area contributed by atoms with Crippen LogP contribution in [0.4, 0.5) is 5.69 Å². The molecule has 3 rings (SSSR count). The second-order valence-corrected chi connectivity index (χ2v) is 8.05. The molecule has 0 bridgehead atoms. The van der Waals surface area contributed by atoms with Gasteiger partial charge in [0.25, 0.3) is 5.69 Å². The molecule has 0 N–H and O–H groups in total. The molecule has 1 aromatic carbocycles. The molecule has 26 heavy (non-hydrogen) atoms. The van der Waals surface area contributed by atoms with Crippen molar-refractivity contribution in [3.8, 4) is 0 Å². The number of esters is 1. The number of thioether (sulfide) groups is 1. The maximum absolute atomic E-state index is 12.7. The number of carbonyl (C=O) groups is 2. The first-order valence-corrected chi connectivity index (χ1v) is 9.86. The molecular weight excluding hydrogens is 356 g/mol. The predicted molar refractivity (Wildman–Crippen MR) is 97.6 cm³/mol. The molecule has 0 saturated carbocycles. The number of hydrogen-bond acceptors (Lipinski definition) is 6. The average molecular weight is 378 g/mol. The zero-order valence-corrected chi connectivity index (χ0v) is 15.6. The highest BCUT2D eigenvalue weighted by atomic mass is 32.2. The molecule has 8 heteroatoms. The first-order chi connectivity index (χ1) is 12.5. The largest absolute Gasteiger partial charge is 0.459 e. The molecule has 1 amide bonds. The average Bonchev–Trinajstić information content (AvgIpc) is 2.95. The Morgan fingerprint density at radius 1 is 1.35 bits per heavy atom. The van der Waals surface area contributed by atoms with Crippen molar-refractivity contribution in [2.45, 2.75) is 50.6 Å². The molecule has 0 radical (unpaired) electrons. The normalized spacial score (nSPS) is 27.0. The van der Waals surface area contributed by atoms with E-state index in [4.69, 9.17) is 4.74 Å². The molecule has 4 atom stereocenters. The number of rotatable bonds is 7. The monoisotopic (exact) mass is 378 g/mol. The van der Waals surface area contributed by atoms with Crippen LogP contribution in [0.1, 0.15) is 32.3 Å². The minimum Gasteiger partial charge on any atom is -0.459 e. The number of nitrogens with zero attached hydrogens (tertiary/aromatic N) is 2. The number of carbonyl (C=O) groups excluding carboxylic acids is 2. The quantitative estimate of drug-likeness (QED) is 0.314. The number of fused-ring (bicyclic) bond motifs is 1. The summed E-state index contributed by atoms with van der Waals surface area (Å²) >= 11 is 1.69. The van der Waals surface area contributed by atoms with Crippen LogP contribution in [-0.4, -0.2) is 44.8 Å². The van der Waals surface area contributed by atoms with Crippen LogP contribution >= 0.6 is 11.8 Å². The van der Waals surface area contributed by atoms with Gasteiger partial charge in [0.15, 0.2) is 0 Å². The van der Waals surface area contributed by atoms with Gasteiger partial charge in [0, 0.05) is 23.4 Å². The number of ether oxygens (including phenoxy) is 1. The van der Waals surface area contributed by atoms with Gasteiger partial charge in [-0.3, -0.25) is 14.9 Å². The van der Waals surface area contributed by atoms with Gasteiger partial charge < -0.3 is 9.64 Å². The minimum absolute atomic E-state index is 0.00472. The number of benzene rings is 1. The summed E-state index contributed by atoms with van der Waals surface area (Å²) in [6.45, 7) is 4.08. The molecule has 2 fully saturated rings. The third-order valence-corrected chi connectivity index (χ3v) is 6.32. The van der Waals surface area contributed by atoms with Gasteiger partial charge in [-0.25, -0.2) is 4.79 Å². The summed E-state index contributed by atoms with van der Waals surface area (Å²) in [4.78, 5) is 37.0. The molecular formula is C18H22N2O5S. The van der Waals surface area contributed by atoms with Crippen LogP contribution in [0.5, 0.6) is 0 Å². The molecule has 2 heterocycles. The summed E-state index contributed by atoms with van der Waals surface area (Å²) in [5, 5.41) is 10.8. The van der Waals surface area contributed by atoms with E-state index in [2.05, 4.69) is 0 Å². The van der Waals surface area contributed by atoms with Crippen molar-refractivity contribution < 1.29 is 19.2 Å². The van der Waals surface area contributed by atoms with Crippen LogP contribution in [0.2, 0.25) is 0 Å². The van der Waals surface area contributed by atoms with E-state index in [0.29, 0.717) is 5.56 Å². The summed E-state index contributed by atoms with van der Waals surface area (Å²) in [5.74, 6) is 0.568. The molecule has 2 saturated heterocycles. The Morgan fingerprint density at radius 2 is 2.04 bits per heavy atom. The van der Waals surface area contributed by atoms with Gasteiger partial charge in [-0.1, -0.05) is 13.8 Å². The molecule has 0 aliphatic carbocycles. The number of non-ortho nitro benzene ring substituents is 1. The number of nitro benzene ring substituents is 1. The van der Waals surface area contributed by atoms with E-state index in [1.807, 2.05) is 13.8 Å². The zero-order chi connectivity index (χ0) is 18.8. The van der Waals surface area contributed by atoms with Crippen molar-refractivity contribution in [1.29, 1.82) is 0 Å². The molecule has 0 spiro atoms.